The van der Waals surface area contributed by atoms with Gasteiger partial charge < -0.3 is 15.1 Å². The fraction of sp³-hybridized carbons (Fsp3) is 0.100. The van der Waals surface area contributed by atoms with E-state index < -0.39 is 0 Å². The third-order valence-electron chi connectivity index (χ3n) is 4.06. The zero-order valence-electron chi connectivity index (χ0n) is 14.0. The van der Waals surface area contributed by atoms with E-state index in [1.54, 1.807) is 12.1 Å². The zero-order chi connectivity index (χ0) is 19.6. The maximum atomic E-state index is 10.3. The van der Waals surface area contributed by atoms with Gasteiger partial charge in [-0.3, -0.25) is 0 Å². The van der Waals surface area contributed by atoms with Crippen LogP contribution < -0.4 is 4.90 Å². The first-order chi connectivity index (χ1) is 12.8. The van der Waals surface area contributed by atoms with E-state index in [9.17, 15) is 10.2 Å². The molecule has 0 saturated heterocycles. The molecule has 0 spiro atoms. The lowest BCUT2D eigenvalue weighted by Gasteiger charge is -2.26. The Bertz CT molecular complexity index is 904. The second-order valence-corrected chi connectivity index (χ2v) is 7.67. The summed E-state index contributed by atoms with van der Waals surface area (Å²) in [4.78, 5) is 1.95. The van der Waals surface area contributed by atoms with Gasteiger partial charge in [-0.15, -0.1) is 0 Å². The molecule has 2 N–H and O–H groups in total. The lowest BCUT2D eigenvalue weighted by molar-refractivity contribution is 0.464. The van der Waals surface area contributed by atoms with Crippen molar-refractivity contribution < 1.29 is 10.2 Å². The van der Waals surface area contributed by atoms with Gasteiger partial charge in [0.25, 0.3) is 0 Å². The van der Waals surface area contributed by atoms with Crippen LogP contribution in [0.15, 0.2) is 54.6 Å². The Hall–Kier alpha value is -1.78. The van der Waals surface area contributed by atoms with E-state index >= 15 is 0 Å². The molecule has 0 atom stereocenters. The van der Waals surface area contributed by atoms with E-state index in [1.165, 1.54) is 12.1 Å². The SMILES string of the molecule is Oc1c(Cl)cc(Cl)cc1CN(Cc1cc(Cl)cc(Cl)c1O)c1ccccc1. The molecule has 140 valence electrons. The predicted octanol–water partition coefficient (Wildman–Crippen LogP) is 6.92. The summed E-state index contributed by atoms with van der Waals surface area (Å²) in [6.45, 7) is 0.611. The molecule has 0 radical (unpaired) electrons. The maximum absolute atomic E-state index is 10.3. The van der Waals surface area contributed by atoms with Crippen molar-refractivity contribution in [2.45, 2.75) is 13.1 Å². The minimum Gasteiger partial charge on any atom is -0.506 e. The van der Waals surface area contributed by atoms with Gasteiger partial charge in [0.1, 0.15) is 11.5 Å². The molecular formula is C20H15Cl4NO2. The van der Waals surface area contributed by atoms with Crippen LogP contribution >= 0.6 is 46.4 Å². The van der Waals surface area contributed by atoms with Crippen LogP contribution in [0.1, 0.15) is 11.1 Å². The first-order valence-corrected chi connectivity index (χ1v) is 9.50. The van der Waals surface area contributed by atoms with Crippen LogP contribution in [-0.2, 0) is 13.1 Å². The highest BCUT2D eigenvalue weighted by Crippen LogP contribution is 2.36. The largest absolute Gasteiger partial charge is 0.506 e. The molecule has 0 aliphatic rings. The Labute approximate surface area is 177 Å². The van der Waals surface area contributed by atoms with Crippen molar-refractivity contribution in [3.63, 3.8) is 0 Å². The summed E-state index contributed by atoms with van der Waals surface area (Å²) in [7, 11) is 0. The molecule has 0 saturated carbocycles. The lowest BCUT2D eigenvalue weighted by atomic mass is 10.1. The highest BCUT2D eigenvalue weighted by molar-refractivity contribution is 6.36. The Balaban J connectivity index is 2.01. The summed E-state index contributed by atoms with van der Waals surface area (Å²) >= 11 is 24.3. The van der Waals surface area contributed by atoms with Gasteiger partial charge in [0.2, 0.25) is 0 Å². The molecule has 0 heterocycles. The number of aromatic hydroxyl groups is 2. The van der Waals surface area contributed by atoms with Crippen molar-refractivity contribution in [2.24, 2.45) is 0 Å². The van der Waals surface area contributed by atoms with Gasteiger partial charge in [-0.1, -0.05) is 64.6 Å². The highest BCUT2D eigenvalue weighted by atomic mass is 35.5. The molecule has 0 amide bonds. The fourth-order valence-corrected chi connectivity index (χ4v) is 3.84. The number of hydrogen-bond acceptors (Lipinski definition) is 3. The molecule has 0 aliphatic heterocycles. The van der Waals surface area contributed by atoms with Crippen LogP contribution in [0.2, 0.25) is 20.1 Å². The third-order valence-corrected chi connectivity index (χ3v) is 5.07. The second kappa shape index (κ2) is 8.49. The lowest BCUT2D eigenvalue weighted by Crippen LogP contribution is -2.22. The number of phenols is 2. The molecule has 27 heavy (non-hydrogen) atoms. The van der Waals surface area contributed by atoms with Crippen LogP contribution in [0.4, 0.5) is 5.69 Å². The van der Waals surface area contributed by atoms with Crippen molar-refractivity contribution in [2.75, 3.05) is 4.90 Å². The monoisotopic (exact) mass is 441 g/mol. The minimum atomic E-state index is -0.0321. The average Bonchev–Trinajstić information content (AvgIpc) is 2.63. The molecule has 3 aromatic rings. The third kappa shape index (κ3) is 4.74. The van der Waals surface area contributed by atoms with Gasteiger partial charge in [-0.05, 0) is 36.4 Å². The number of anilines is 1. The predicted molar refractivity (Wildman–Crippen MR) is 113 cm³/mol. The molecule has 0 fully saturated rings. The molecule has 0 unspecified atom stereocenters. The van der Waals surface area contributed by atoms with Crippen molar-refractivity contribution in [1.29, 1.82) is 0 Å². The Morgan fingerprint density at radius 1 is 0.667 bits per heavy atom. The summed E-state index contributed by atoms with van der Waals surface area (Å²) in [6.07, 6.45) is 0. The number of para-hydroxylation sites is 1. The number of hydrogen-bond donors (Lipinski definition) is 2. The van der Waals surface area contributed by atoms with Crippen LogP contribution in [0, 0.1) is 0 Å². The van der Waals surface area contributed by atoms with Crippen molar-refractivity contribution >= 4 is 52.1 Å². The fourth-order valence-electron chi connectivity index (χ4n) is 2.77. The van der Waals surface area contributed by atoms with Gasteiger partial charge in [-0.2, -0.15) is 0 Å². The van der Waals surface area contributed by atoms with Crippen LogP contribution in [-0.4, -0.2) is 10.2 Å². The highest BCUT2D eigenvalue weighted by Gasteiger charge is 2.17. The molecule has 0 bridgehead atoms. The zero-order valence-corrected chi connectivity index (χ0v) is 17.0. The smallest absolute Gasteiger partial charge is 0.139 e. The van der Waals surface area contributed by atoms with E-state index in [2.05, 4.69) is 0 Å². The van der Waals surface area contributed by atoms with E-state index in [4.69, 9.17) is 46.4 Å². The molecule has 7 heteroatoms. The minimum absolute atomic E-state index is 0.0321. The number of rotatable bonds is 5. The van der Waals surface area contributed by atoms with Crippen molar-refractivity contribution in [3.8, 4) is 11.5 Å². The first-order valence-electron chi connectivity index (χ1n) is 7.99. The van der Waals surface area contributed by atoms with Crippen LogP contribution in [0.5, 0.6) is 11.5 Å². The second-order valence-electron chi connectivity index (χ2n) is 5.98. The van der Waals surface area contributed by atoms with E-state index in [1.807, 2.05) is 35.2 Å². The number of phenolic OH excluding ortho intramolecular Hbond substituents is 2. The van der Waals surface area contributed by atoms with E-state index in [0.29, 0.717) is 34.3 Å². The van der Waals surface area contributed by atoms with Gasteiger partial charge in [0, 0.05) is 39.9 Å². The average molecular weight is 443 g/mol. The van der Waals surface area contributed by atoms with Crippen molar-refractivity contribution in [3.05, 3.63) is 85.8 Å². The quantitative estimate of drug-likeness (QED) is 0.450. The van der Waals surface area contributed by atoms with Crippen LogP contribution in [0.3, 0.4) is 0 Å². The molecule has 3 aromatic carbocycles. The molecule has 0 aromatic heterocycles. The molecule has 3 nitrogen and oxygen atoms in total. The first kappa shape index (κ1) is 20.0. The Kier molecular flexibility index (Phi) is 6.28. The summed E-state index contributed by atoms with van der Waals surface area (Å²) in [5.41, 5.74) is 2.00. The van der Waals surface area contributed by atoms with E-state index in [-0.39, 0.29) is 21.5 Å². The summed E-state index contributed by atoms with van der Waals surface area (Å²) in [6, 6.07) is 15.8. The number of benzene rings is 3. The van der Waals surface area contributed by atoms with Gasteiger partial charge in [-0.25, -0.2) is 0 Å². The topological polar surface area (TPSA) is 43.7 Å². The summed E-state index contributed by atoms with van der Waals surface area (Å²) in [5, 5.41) is 21.8. The number of halogens is 4. The van der Waals surface area contributed by atoms with Crippen molar-refractivity contribution in [1.82, 2.24) is 0 Å². The molecule has 3 rings (SSSR count). The molecular weight excluding hydrogens is 428 g/mol. The van der Waals surface area contributed by atoms with Gasteiger partial charge in [0.15, 0.2) is 0 Å². The van der Waals surface area contributed by atoms with E-state index in [0.717, 1.165) is 5.69 Å². The molecule has 0 aliphatic carbocycles. The van der Waals surface area contributed by atoms with Crippen LogP contribution in [0.25, 0.3) is 0 Å². The summed E-state index contributed by atoms with van der Waals surface area (Å²) < 4.78 is 0. The summed E-state index contributed by atoms with van der Waals surface area (Å²) in [5.74, 6) is -0.0642. The Morgan fingerprint density at radius 3 is 1.56 bits per heavy atom. The Morgan fingerprint density at radius 2 is 1.11 bits per heavy atom. The van der Waals surface area contributed by atoms with Gasteiger partial charge in [0.05, 0.1) is 10.0 Å². The van der Waals surface area contributed by atoms with Gasteiger partial charge >= 0.3 is 0 Å². The number of nitrogens with zero attached hydrogens (tertiary/aromatic N) is 1. The normalized spacial score (nSPS) is 10.8. The standard InChI is InChI=1S/C20H15Cl4NO2/c21-14-6-12(19(26)17(23)8-14)10-25(16-4-2-1-3-5-16)11-13-7-15(22)9-18(24)20(13)27/h1-9,26-27H,10-11H2. The maximum Gasteiger partial charge on any atom is 0.139 e.